The maximum Gasteiger partial charge on any atom is 0.274 e. The average molecular weight is 436 g/mol. The van der Waals surface area contributed by atoms with Crippen LogP contribution in [0.1, 0.15) is 16.1 Å². The van der Waals surface area contributed by atoms with Gasteiger partial charge in [-0.25, -0.2) is 4.68 Å². The summed E-state index contributed by atoms with van der Waals surface area (Å²) in [6.07, 6.45) is 1.60. The molecule has 1 saturated heterocycles. The van der Waals surface area contributed by atoms with Crippen LogP contribution in [0.4, 0.5) is 11.4 Å². The lowest BCUT2D eigenvalue weighted by Gasteiger charge is -2.34. The van der Waals surface area contributed by atoms with Crippen LogP contribution in [0.3, 0.4) is 0 Å². The van der Waals surface area contributed by atoms with Crippen LogP contribution in [0.5, 0.6) is 0 Å². The molecule has 32 heavy (non-hydrogen) atoms. The molecule has 2 heterocycles. The van der Waals surface area contributed by atoms with Gasteiger partial charge in [0.15, 0.2) is 5.69 Å². The summed E-state index contributed by atoms with van der Waals surface area (Å²) < 4.78 is 1.44. The zero-order chi connectivity index (χ0) is 22.7. The smallest absolute Gasteiger partial charge is 0.274 e. The van der Waals surface area contributed by atoms with Gasteiger partial charge >= 0.3 is 0 Å². The third kappa shape index (κ3) is 4.62. The molecule has 3 aromatic rings. The molecule has 11 nitrogen and oxygen atoms in total. The maximum atomic E-state index is 12.9. The molecule has 0 bridgehead atoms. The van der Waals surface area contributed by atoms with Crippen LogP contribution in [0.25, 0.3) is 5.69 Å². The van der Waals surface area contributed by atoms with Crippen molar-refractivity contribution in [1.82, 2.24) is 19.6 Å². The fourth-order valence-electron chi connectivity index (χ4n) is 3.63. The van der Waals surface area contributed by atoms with E-state index in [1.165, 1.54) is 22.9 Å². The number of carbonyl (C=O) groups is 1. The molecule has 0 N–H and O–H groups in total. The number of hydrogen-bond donors (Lipinski definition) is 0. The Morgan fingerprint density at radius 2 is 1.56 bits per heavy atom. The number of piperazine rings is 1. The zero-order valence-electron chi connectivity index (χ0n) is 17.0. The monoisotopic (exact) mass is 436 g/mol. The number of hydrogen-bond acceptors (Lipinski definition) is 7. The first-order valence-corrected chi connectivity index (χ1v) is 9.96. The first-order valence-electron chi connectivity index (χ1n) is 9.96. The molecule has 4 rings (SSSR count). The quantitative estimate of drug-likeness (QED) is 0.429. The Morgan fingerprint density at radius 3 is 2.25 bits per heavy atom. The van der Waals surface area contributed by atoms with Crippen LogP contribution in [-0.4, -0.2) is 61.5 Å². The minimum Gasteiger partial charge on any atom is -0.335 e. The van der Waals surface area contributed by atoms with Crippen LogP contribution in [0, 0.1) is 20.2 Å². The van der Waals surface area contributed by atoms with Gasteiger partial charge in [-0.15, -0.1) is 0 Å². The molecule has 1 amide bonds. The highest BCUT2D eigenvalue weighted by atomic mass is 16.6. The molecule has 0 saturated carbocycles. The third-order valence-corrected chi connectivity index (χ3v) is 5.30. The summed E-state index contributed by atoms with van der Waals surface area (Å²) in [7, 11) is 0. The van der Waals surface area contributed by atoms with Crippen molar-refractivity contribution in [3.05, 3.63) is 92.3 Å². The molecule has 0 atom stereocenters. The van der Waals surface area contributed by atoms with Crippen molar-refractivity contribution in [3.8, 4) is 5.69 Å². The first-order chi connectivity index (χ1) is 15.4. The standard InChI is InChI=1S/C21H20N6O5/c28-21(20-7-8-25(22-20)17-4-2-6-19(14-17)27(31)32)24-11-9-23(10-12-24)15-16-3-1-5-18(13-16)26(29)30/h1-8,13-14H,9-12,15H2. The Balaban J connectivity index is 1.37. The molecule has 1 fully saturated rings. The third-order valence-electron chi connectivity index (χ3n) is 5.30. The van der Waals surface area contributed by atoms with Gasteiger partial charge in [0.05, 0.1) is 15.5 Å². The Bertz CT molecular complexity index is 1170. The summed E-state index contributed by atoms with van der Waals surface area (Å²) in [6, 6.07) is 14.2. The number of aromatic nitrogens is 2. The minimum absolute atomic E-state index is 0.0502. The summed E-state index contributed by atoms with van der Waals surface area (Å²) >= 11 is 0. The Labute approximate surface area is 182 Å². The van der Waals surface area contributed by atoms with Crippen molar-refractivity contribution in [3.63, 3.8) is 0 Å². The predicted molar refractivity (Wildman–Crippen MR) is 114 cm³/mol. The van der Waals surface area contributed by atoms with E-state index in [4.69, 9.17) is 0 Å². The van der Waals surface area contributed by atoms with E-state index in [0.717, 1.165) is 5.56 Å². The molecule has 1 aliphatic heterocycles. The van der Waals surface area contributed by atoms with Crippen LogP contribution >= 0.6 is 0 Å². The van der Waals surface area contributed by atoms with Gasteiger partial charge in [0.25, 0.3) is 17.3 Å². The Kier molecular flexibility index (Phi) is 5.90. The summed E-state index contributed by atoms with van der Waals surface area (Å²) in [5, 5.41) is 26.2. The molecule has 164 valence electrons. The Hall–Kier alpha value is -4.12. The minimum atomic E-state index is -0.480. The fourth-order valence-corrected chi connectivity index (χ4v) is 3.63. The van der Waals surface area contributed by atoms with E-state index in [-0.39, 0.29) is 23.0 Å². The zero-order valence-corrected chi connectivity index (χ0v) is 17.0. The highest BCUT2D eigenvalue weighted by Gasteiger charge is 2.24. The largest absolute Gasteiger partial charge is 0.335 e. The summed E-state index contributed by atoms with van der Waals surface area (Å²) in [5.74, 6) is -0.204. The summed E-state index contributed by atoms with van der Waals surface area (Å²) in [6.45, 7) is 2.88. The number of benzene rings is 2. The maximum absolute atomic E-state index is 12.9. The molecule has 1 aliphatic rings. The van der Waals surface area contributed by atoms with Crippen LogP contribution in [0.2, 0.25) is 0 Å². The number of nitro groups is 2. The van der Waals surface area contributed by atoms with E-state index in [1.807, 2.05) is 6.07 Å². The van der Waals surface area contributed by atoms with E-state index in [2.05, 4.69) is 10.00 Å². The van der Waals surface area contributed by atoms with Crippen LogP contribution in [0.15, 0.2) is 60.8 Å². The second-order valence-corrected chi connectivity index (χ2v) is 7.42. The topological polar surface area (TPSA) is 128 Å². The number of carbonyl (C=O) groups excluding carboxylic acids is 1. The van der Waals surface area contributed by atoms with E-state index in [0.29, 0.717) is 38.4 Å². The summed E-state index contributed by atoms with van der Waals surface area (Å²) in [5.41, 5.74) is 1.64. The molecule has 11 heteroatoms. The lowest BCUT2D eigenvalue weighted by atomic mass is 10.1. The van der Waals surface area contributed by atoms with E-state index in [9.17, 15) is 25.0 Å². The van der Waals surface area contributed by atoms with Gasteiger partial charge in [0.1, 0.15) is 0 Å². The first kappa shape index (κ1) is 21.1. The molecular weight excluding hydrogens is 416 g/mol. The SMILES string of the molecule is O=C(c1ccn(-c2cccc([N+](=O)[O-])c2)n1)N1CCN(Cc2cccc([N+](=O)[O-])c2)CC1. The molecule has 0 spiro atoms. The molecule has 2 aromatic carbocycles. The highest BCUT2D eigenvalue weighted by molar-refractivity contribution is 5.92. The second kappa shape index (κ2) is 8.94. The Morgan fingerprint density at radius 1 is 0.906 bits per heavy atom. The van der Waals surface area contributed by atoms with Gasteiger partial charge in [-0.05, 0) is 17.7 Å². The van der Waals surface area contributed by atoms with Crippen LogP contribution in [-0.2, 0) is 6.54 Å². The number of non-ortho nitro benzene ring substituents is 2. The lowest BCUT2D eigenvalue weighted by Crippen LogP contribution is -2.48. The summed E-state index contributed by atoms with van der Waals surface area (Å²) in [4.78, 5) is 37.7. The van der Waals surface area contributed by atoms with Gasteiger partial charge in [-0.1, -0.05) is 18.2 Å². The average Bonchev–Trinajstić information content (AvgIpc) is 3.30. The molecule has 0 radical (unpaired) electrons. The molecular formula is C21H20N6O5. The number of nitro benzene ring substituents is 2. The van der Waals surface area contributed by atoms with E-state index in [1.54, 1.807) is 41.4 Å². The molecule has 0 unspecified atom stereocenters. The van der Waals surface area contributed by atoms with E-state index < -0.39 is 9.85 Å². The van der Waals surface area contributed by atoms with Gasteiger partial charge in [0.2, 0.25) is 0 Å². The fraction of sp³-hybridized carbons (Fsp3) is 0.238. The number of rotatable bonds is 6. The molecule has 1 aromatic heterocycles. The highest BCUT2D eigenvalue weighted by Crippen LogP contribution is 2.18. The van der Waals surface area contributed by atoms with Crippen molar-refractivity contribution in [2.75, 3.05) is 26.2 Å². The normalized spacial score (nSPS) is 14.3. The van der Waals surface area contributed by atoms with Gasteiger partial charge in [-0.2, -0.15) is 5.10 Å². The predicted octanol–water partition coefficient (Wildman–Crippen LogP) is 2.65. The van der Waals surface area contributed by atoms with E-state index >= 15 is 0 Å². The van der Waals surface area contributed by atoms with Crippen molar-refractivity contribution < 1.29 is 14.6 Å². The van der Waals surface area contributed by atoms with Gasteiger partial charge in [-0.3, -0.25) is 29.9 Å². The van der Waals surface area contributed by atoms with Crippen molar-refractivity contribution in [2.45, 2.75) is 6.54 Å². The second-order valence-electron chi connectivity index (χ2n) is 7.42. The number of amides is 1. The van der Waals surface area contributed by atoms with Gasteiger partial charge in [0, 0.05) is 63.2 Å². The van der Waals surface area contributed by atoms with Crippen LogP contribution < -0.4 is 0 Å². The van der Waals surface area contributed by atoms with Crippen molar-refractivity contribution in [2.24, 2.45) is 0 Å². The molecule has 0 aliphatic carbocycles. The van der Waals surface area contributed by atoms with Crippen molar-refractivity contribution >= 4 is 17.3 Å². The van der Waals surface area contributed by atoms with Crippen molar-refractivity contribution in [1.29, 1.82) is 0 Å². The van der Waals surface area contributed by atoms with Gasteiger partial charge < -0.3 is 4.90 Å². The lowest BCUT2D eigenvalue weighted by molar-refractivity contribution is -0.385. The number of nitrogens with zero attached hydrogens (tertiary/aromatic N) is 6.